The van der Waals surface area contributed by atoms with Crippen LogP contribution in [0.5, 0.6) is 0 Å². The molecule has 0 spiro atoms. The molecule has 2 heterocycles. The van der Waals surface area contributed by atoms with E-state index < -0.39 is 33.9 Å². The van der Waals surface area contributed by atoms with E-state index in [0.717, 1.165) is 22.5 Å². The molecule has 10 nitrogen and oxygen atoms in total. The molecule has 1 atom stereocenters. The van der Waals surface area contributed by atoms with Gasteiger partial charge < -0.3 is 15.3 Å². The summed E-state index contributed by atoms with van der Waals surface area (Å²) in [5, 5.41) is 11.8. The van der Waals surface area contributed by atoms with Crippen LogP contribution in [0.3, 0.4) is 0 Å². The molecule has 4 rings (SSSR count). The summed E-state index contributed by atoms with van der Waals surface area (Å²) >= 11 is 0. The second kappa shape index (κ2) is 12.3. The maximum atomic E-state index is 14.0. The summed E-state index contributed by atoms with van der Waals surface area (Å²) in [7, 11) is -4.06. The summed E-state index contributed by atoms with van der Waals surface area (Å²) in [5.41, 5.74) is 1.16. The SMILES string of the molecule is CCc1ccc(S(=O)(=O)N2CCN(c3cnc(C(=O)O)cn3)C[C@@H]2C(=O)NCc2ccc(C(F)(F)CC)cc2)cc1. The van der Waals surface area contributed by atoms with E-state index in [2.05, 4.69) is 15.3 Å². The minimum atomic E-state index is -4.06. The van der Waals surface area contributed by atoms with Crippen LogP contribution in [0.15, 0.2) is 65.8 Å². The van der Waals surface area contributed by atoms with Gasteiger partial charge in [-0.25, -0.2) is 32.0 Å². The summed E-state index contributed by atoms with van der Waals surface area (Å²) in [6.45, 7) is 3.42. The van der Waals surface area contributed by atoms with E-state index in [1.54, 1.807) is 17.0 Å². The molecule has 2 aromatic carbocycles. The number of amides is 1. The summed E-state index contributed by atoms with van der Waals surface area (Å²) < 4.78 is 56.4. The molecule has 1 fully saturated rings. The van der Waals surface area contributed by atoms with Crippen LogP contribution in [-0.2, 0) is 33.7 Å². The third kappa shape index (κ3) is 6.68. The van der Waals surface area contributed by atoms with Crippen LogP contribution in [0, 0.1) is 0 Å². The molecule has 2 N–H and O–H groups in total. The first kappa shape index (κ1) is 30.0. The molecule has 1 aromatic heterocycles. The number of carboxylic acids is 1. The van der Waals surface area contributed by atoms with Gasteiger partial charge in [0, 0.05) is 38.2 Å². The average molecular weight is 588 g/mol. The van der Waals surface area contributed by atoms with Gasteiger partial charge in [0.2, 0.25) is 15.9 Å². The highest BCUT2D eigenvalue weighted by Gasteiger charge is 2.40. The summed E-state index contributed by atoms with van der Waals surface area (Å²) in [5.74, 6) is -4.48. The number of carbonyl (C=O) groups is 2. The molecule has 0 saturated carbocycles. The molecular weight excluding hydrogens is 556 g/mol. The molecule has 41 heavy (non-hydrogen) atoms. The van der Waals surface area contributed by atoms with Gasteiger partial charge in [0.15, 0.2) is 5.69 Å². The van der Waals surface area contributed by atoms with Crippen LogP contribution >= 0.6 is 0 Å². The van der Waals surface area contributed by atoms with Crippen molar-refractivity contribution in [2.24, 2.45) is 0 Å². The van der Waals surface area contributed by atoms with Gasteiger partial charge in [-0.05, 0) is 29.7 Å². The van der Waals surface area contributed by atoms with Crippen LogP contribution in [-0.4, -0.2) is 65.4 Å². The van der Waals surface area contributed by atoms with E-state index >= 15 is 0 Å². The van der Waals surface area contributed by atoms with Crippen LogP contribution in [0.25, 0.3) is 0 Å². The minimum absolute atomic E-state index is 0.000488. The van der Waals surface area contributed by atoms with E-state index in [-0.39, 0.29) is 48.8 Å². The lowest BCUT2D eigenvalue weighted by atomic mass is 10.0. The Hall–Kier alpha value is -3.97. The number of aromatic carboxylic acids is 1. The predicted octanol–water partition coefficient (Wildman–Crippen LogP) is 3.43. The molecule has 1 aliphatic rings. The lowest BCUT2D eigenvalue weighted by molar-refractivity contribution is -0.125. The van der Waals surface area contributed by atoms with Crippen molar-refractivity contribution in [2.75, 3.05) is 24.5 Å². The molecule has 218 valence electrons. The number of carbonyl (C=O) groups excluding carboxylic acids is 1. The number of nitrogens with one attached hydrogen (secondary N) is 1. The van der Waals surface area contributed by atoms with Crippen molar-refractivity contribution in [3.63, 3.8) is 0 Å². The molecular formula is C28H31F2N5O5S. The Kier molecular flexibility index (Phi) is 8.98. The standard InChI is InChI=1S/C28H31F2N5O5S/c1-3-19-7-11-22(12-8-19)41(39,40)35-14-13-34(25-17-31-23(16-32-25)27(37)38)18-24(35)26(36)33-15-20-5-9-21(10-6-20)28(29,30)4-2/h5-12,16-17,24H,3-4,13-15,18H2,1-2H3,(H,33,36)(H,37,38)/t24-/m1/s1. The number of halogens is 2. The molecule has 0 radical (unpaired) electrons. The number of hydrogen-bond donors (Lipinski definition) is 2. The fraction of sp³-hybridized carbons (Fsp3) is 0.357. The van der Waals surface area contributed by atoms with Crippen LogP contribution in [0.2, 0.25) is 0 Å². The largest absolute Gasteiger partial charge is 0.476 e. The maximum Gasteiger partial charge on any atom is 0.356 e. The number of carboxylic acid groups (broad SMARTS) is 1. The maximum absolute atomic E-state index is 14.0. The molecule has 13 heteroatoms. The van der Waals surface area contributed by atoms with Gasteiger partial charge in [0.25, 0.3) is 5.92 Å². The zero-order chi connectivity index (χ0) is 29.8. The number of aromatic nitrogens is 2. The summed E-state index contributed by atoms with van der Waals surface area (Å²) in [4.78, 5) is 34.3. The highest BCUT2D eigenvalue weighted by Crippen LogP contribution is 2.31. The first-order valence-corrected chi connectivity index (χ1v) is 14.6. The van der Waals surface area contributed by atoms with Gasteiger partial charge in [-0.1, -0.05) is 50.2 Å². The number of nitrogens with zero attached hydrogens (tertiary/aromatic N) is 4. The zero-order valence-corrected chi connectivity index (χ0v) is 23.4. The van der Waals surface area contributed by atoms with E-state index in [0.29, 0.717) is 11.4 Å². The lowest BCUT2D eigenvalue weighted by Gasteiger charge is -2.40. The molecule has 1 aliphatic heterocycles. The minimum Gasteiger partial charge on any atom is -0.476 e. The second-order valence-electron chi connectivity index (χ2n) is 9.61. The Morgan fingerprint density at radius 1 is 1.00 bits per heavy atom. The molecule has 1 saturated heterocycles. The number of aryl methyl sites for hydroxylation is 1. The summed E-state index contributed by atoms with van der Waals surface area (Å²) in [6.07, 6.45) is 2.76. The lowest BCUT2D eigenvalue weighted by Crippen LogP contribution is -2.60. The molecule has 3 aromatic rings. The Labute approximate surface area is 237 Å². The van der Waals surface area contributed by atoms with Gasteiger partial charge in [-0.15, -0.1) is 0 Å². The van der Waals surface area contributed by atoms with Crippen molar-refractivity contribution in [3.05, 3.63) is 83.3 Å². The van der Waals surface area contributed by atoms with Crippen molar-refractivity contribution in [3.8, 4) is 0 Å². The fourth-order valence-electron chi connectivity index (χ4n) is 4.48. The first-order chi connectivity index (χ1) is 19.5. The Morgan fingerprint density at radius 3 is 2.22 bits per heavy atom. The second-order valence-corrected chi connectivity index (χ2v) is 11.5. The smallest absolute Gasteiger partial charge is 0.356 e. The number of rotatable bonds is 10. The number of alkyl halides is 2. The number of hydrogen-bond acceptors (Lipinski definition) is 7. The third-order valence-corrected chi connectivity index (χ3v) is 8.96. The first-order valence-electron chi connectivity index (χ1n) is 13.1. The van der Waals surface area contributed by atoms with Gasteiger partial charge in [-0.3, -0.25) is 4.79 Å². The topological polar surface area (TPSA) is 133 Å². The number of anilines is 1. The fourth-order valence-corrected chi connectivity index (χ4v) is 6.05. The van der Waals surface area contributed by atoms with Crippen LogP contribution < -0.4 is 10.2 Å². The van der Waals surface area contributed by atoms with Crippen molar-refractivity contribution in [1.82, 2.24) is 19.6 Å². The van der Waals surface area contributed by atoms with Crippen molar-refractivity contribution in [2.45, 2.75) is 50.1 Å². The molecule has 0 bridgehead atoms. The normalized spacial score (nSPS) is 16.4. The van der Waals surface area contributed by atoms with E-state index in [4.69, 9.17) is 5.11 Å². The Balaban J connectivity index is 1.57. The average Bonchev–Trinajstić information content (AvgIpc) is 2.99. The van der Waals surface area contributed by atoms with Crippen molar-refractivity contribution < 1.29 is 31.9 Å². The van der Waals surface area contributed by atoms with E-state index in [9.17, 15) is 26.8 Å². The van der Waals surface area contributed by atoms with E-state index in [1.807, 2.05) is 6.92 Å². The van der Waals surface area contributed by atoms with Crippen LogP contribution in [0.1, 0.15) is 47.4 Å². The van der Waals surface area contributed by atoms with Crippen molar-refractivity contribution >= 4 is 27.7 Å². The molecule has 0 aliphatic carbocycles. The van der Waals surface area contributed by atoms with Gasteiger partial charge in [0.05, 0.1) is 17.3 Å². The number of benzene rings is 2. The van der Waals surface area contributed by atoms with Gasteiger partial charge in [0.1, 0.15) is 11.9 Å². The highest BCUT2D eigenvalue weighted by molar-refractivity contribution is 7.89. The molecule has 1 amide bonds. The predicted molar refractivity (Wildman–Crippen MR) is 147 cm³/mol. The molecule has 0 unspecified atom stereocenters. The zero-order valence-electron chi connectivity index (χ0n) is 22.6. The third-order valence-electron chi connectivity index (χ3n) is 7.04. The highest BCUT2D eigenvalue weighted by atomic mass is 32.2. The van der Waals surface area contributed by atoms with E-state index in [1.165, 1.54) is 49.5 Å². The Morgan fingerprint density at radius 2 is 1.66 bits per heavy atom. The van der Waals surface area contributed by atoms with Crippen LogP contribution in [0.4, 0.5) is 14.6 Å². The number of piperazine rings is 1. The van der Waals surface area contributed by atoms with Gasteiger partial charge >= 0.3 is 5.97 Å². The quantitative estimate of drug-likeness (QED) is 0.369. The summed E-state index contributed by atoms with van der Waals surface area (Å²) in [6, 6.07) is 10.9. The van der Waals surface area contributed by atoms with Crippen molar-refractivity contribution in [1.29, 1.82) is 0 Å². The Bertz CT molecular complexity index is 1480. The monoisotopic (exact) mass is 587 g/mol. The number of sulfonamides is 1. The van der Waals surface area contributed by atoms with Gasteiger partial charge in [-0.2, -0.15) is 4.31 Å².